The molecule has 1 aromatic rings. The first-order valence-electron chi connectivity index (χ1n) is 6.36. The molecule has 0 saturated carbocycles. The van der Waals surface area contributed by atoms with Gasteiger partial charge in [-0.05, 0) is 32.0 Å². The van der Waals surface area contributed by atoms with Crippen LogP contribution in [-0.4, -0.2) is 47.8 Å². The Balaban J connectivity index is 1.48. The summed E-state index contributed by atoms with van der Waals surface area (Å²) in [7, 11) is 0. The number of aromatic amines is 1. The third-order valence-corrected chi connectivity index (χ3v) is 3.18. The zero-order valence-electron chi connectivity index (χ0n) is 9.91. The molecule has 0 aliphatic carbocycles. The molecule has 0 unspecified atom stereocenters. The van der Waals surface area contributed by atoms with Crippen molar-refractivity contribution >= 4 is 0 Å². The first-order chi connectivity index (χ1) is 7.95. The molecule has 2 rings (SSSR count). The summed E-state index contributed by atoms with van der Waals surface area (Å²) in [5.41, 5.74) is 1.21. The Hall–Kier alpha value is -0.870. The van der Waals surface area contributed by atoms with Gasteiger partial charge in [0, 0.05) is 37.9 Å². The molecule has 16 heavy (non-hydrogen) atoms. The van der Waals surface area contributed by atoms with Gasteiger partial charge in [0.25, 0.3) is 0 Å². The molecule has 0 spiro atoms. The van der Waals surface area contributed by atoms with E-state index in [9.17, 15) is 0 Å². The number of nitrogens with zero attached hydrogens (tertiary/aromatic N) is 2. The van der Waals surface area contributed by atoms with Gasteiger partial charge in [0.05, 0.1) is 0 Å². The lowest BCUT2D eigenvalue weighted by Crippen LogP contribution is -2.36. The van der Waals surface area contributed by atoms with E-state index in [4.69, 9.17) is 0 Å². The smallest absolute Gasteiger partial charge is 0.0490 e. The van der Waals surface area contributed by atoms with E-state index in [-0.39, 0.29) is 0 Å². The summed E-state index contributed by atoms with van der Waals surface area (Å²) in [6.45, 7) is 5.93. The van der Waals surface area contributed by atoms with Crippen molar-refractivity contribution < 1.29 is 0 Å². The summed E-state index contributed by atoms with van der Waals surface area (Å²) >= 11 is 0. The standard InChI is InChI=1S/C12H22N4/c1-2-9-16(10-3-1)11-8-13-6-4-12-5-7-14-15-12/h5,7,13H,1-4,6,8-11H2,(H,14,15). The number of hydrogen-bond acceptors (Lipinski definition) is 3. The number of nitrogens with one attached hydrogen (secondary N) is 2. The molecule has 4 nitrogen and oxygen atoms in total. The van der Waals surface area contributed by atoms with Crippen LogP contribution in [0.1, 0.15) is 25.0 Å². The largest absolute Gasteiger partial charge is 0.315 e. The number of aromatic nitrogens is 2. The van der Waals surface area contributed by atoms with Gasteiger partial charge in [0.15, 0.2) is 0 Å². The second-order valence-corrected chi connectivity index (χ2v) is 4.48. The monoisotopic (exact) mass is 222 g/mol. The van der Waals surface area contributed by atoms with Crippen LogP contribution in [0.15, 0.2) is 12.3 Å². The van der Waals surface area contributed by atoms with E-state index >= 15 is 0 Å². The van der Waals surface area contributed by atoms with Crippen molar-refractivity contribution in [3.63, 3.8) is 0 Å². The molecule has 90 valence electrons. The SMILES string of the molecule is c1cc(CCNCCN2CCCCC2)[nH]n1. The first-order valence-corrected chi connectivity index (χ1v) is 6.36. The molecule has 2 heterocycles. The molecule has 0 aromatic carbocycles. The molecule has 0 radical (unpaired) electrons. The van der Waals surface area contributed by atoms with Crippen LogP contribution in [0, 0.1) is 0 Å². The first kappa shape index (κ1) is 11.6. The number of likely N-dealkylation sites (tertiary alicyclic amines) is 1. The molecule has 1 fully saturated rings. The molecule has 4 heteroatoms. The molecule has 1 aromatic heterocycles. The van der Waals surface area contributed by atoms with Crippen LogP contribution in [0.25, 0.3) is 0 Å². The number of H-pyrrole nitrogens is 1. The summed E-state index contributed by atoms with van der Waals surface area (Å²) in [5, 5.41) is 10.4. The maximum atomic E-state index is 3.93. The van der Waals surface area contributed by atoms with Gasteiger partial charge in [-0.3, -0.25) is 5.10 Å². The topological polar surface area (TPSA) is 44.0 Å². The molecule has 2 N–H and O–H groups in total. The van der Waals surface area contributed by atoms with Gasteiger partial charge in [0.1, 0.15) is 0 Å². The van der Waals surface area contributed by atoms with Crippen molar-refractivity contribution in [2.45, 2.75) is 25.7 Å². The van der Waals surface area contributed by atoms with Crippen LogP contribution in [0.2, 0.25) is 0 Å². The molecule has 1 aliphatic heterocycles. The van der Waals surface area contributed by atoms with Crippen molar-refractivity contribution in [2.75, 3.05) is 32.7 Å². The Morgan fingerprint density at radius 1 is 1.25 bits per heavy atom. The highest BCUT2D eigenvalue weighted by Crippen LogP contribution is 2.07. The van der Waals surface area contributed by atoms with Crippen LogP contribution < -0.4 is 5.32 Å². The van der Waals surface area contributed by atoms with Gasteiger partial charge in [-0.2, -0.15) is 5.10 Å². The summed E-state index contributed by atoms with van der Waals surface area (Å²) in [6.07, 6.45) is 7.04. The Bertz CT molecular complexity index is 265. The van der Waals surface area contributed by atoms with E-state index < -0.39 is 0 Å². The fourth-order valence-electron chi connectivity index (χ4n) is 2.19. The second-order valence-electron chi connectivity index (χ2n) is 4.48. The Morgan fingerprint density at radius 2 is 2.12 bits per heavy atom. The minimum Gasteiger partial charge on any atom is -0.315 e. The second kappa shape index (κ2) is 6.66. The summed E-state index contributed by atoms with van der Waals surface area (Å²) in [4.78, 5) is 2.56. The van der Waals surface area contributed by atoms with Crippen LogP contribution in [0.5, 0.6) is 0 Å². The van der Waals surface area contributed by atoms with Crippen molar-refractivity contribution in [3.05, 3.63) is 18.0 Å². The Labute approximate surface area is 97.4 Å². The number of piperidine rings is 1. The molecule has 0 amide bonds. The number of rotatable bonds is 6. The minimum atomic E-state index is 1.04. The lowest BCUT2D eigenvalue weighted by Gasteiger charge is -2.26. The average molecular weight is 222 g/mol. The van der Waals surface area contributed by atoms with Crippen molar-refractivity contribution in [3.8, 4) is 0 Å². The van der Waals surface area contributed by atoms with Gasteiger partial charge in [-0.25, -0.2) is 0 Å². The van der Waals surface area contributed by atoms with Gasteiger partial charge < -0.3 is 10.2 Å². The Morgan fingerprint density at radius 3 is 2.88 bits per heavy atom. The highest BCUT2D eigenvalue weighted by molar-refractivity contribution is 4.97. The van der Waals surface area contributed by atoms with E-state index in [1.165, 1.54) is 44.6 Å². The van der Waals surface area contributed by atoms with Crippen molar-refractivity contribution in [2.24, 2.45) is 0 Å². The maximum absolute atomic E-state index is 3.93. The van der Waals surface area contributed by atoms with E-state index in [1.54, 1.807) is 0 Å². The lowest BCUT2D eigenvalue weighted by molar-refractivity contribution is 0.229. The highest BCUT2D eigenvalue weighted by Gasteiger charge is 2.08. The quantitative estimate of drug-likeness (QED) is 0.707. The Kier molecular flexibility index (Phi) is 4.83. The van der Waals surface area contributed by atoms with E-state index in [1.807, 2.05) is 12.3 Å². The van der Waals surface area contributed by atoms with Crippen LogP contribution >= 0.6 is 0 Å². The van der Waals surface area contributed by atoms with E-state index in [0.29, 0.717) is 0 Å². The number of hydrogen-bond donors (Lipinski definition) is 2. The molecular weight excluding hydrogens is 200 g/mol. The summed E-state index contributed by atoms with van der Waals surface area (Å²) < 4.78 is 0. The van der Waals surface area contributed by atoms with Crippen molar-refractivity contribution in [1.29, 1.82) is 0 Å². The van der Waals surface area contributed by atoms with Gasteiger partial charge in [-0.15, -0.1) is 0 Å². The van der Waals surface area contributed by atoms with E-state index in [2.05, 4.69) is 20.4 Å². The highest BCUT2D eigenvalue weighted by atomic mass is 15.1. The predicted molar refractivity (Wildman–Crippen MR) is 65.5 cm³/mol. The van der Waals surface area contributed by atoms with Gasteiger partial charge in [0.2, 0.25) is 0 Å². The fourth-order valence-corrected chi connectivity index (χ4v) is 2.19. The summed E-state index contributed by atoms with van der Waals surface area (Å²) in [5.74, 6) is 0. The van der Waals surface area contributed by atoms with Crippen molar-refractivity contribution in [1.82, 2.24) is 20.4 Å². The third-order valence-electron chi connectivity index (χ3n) is 3.18. The molecule has 0 atom stereocenters. The molecule has 1 saturated heterocycles. The van der Waals surface area contributed by atoms with E-state index in [0.717, 1.165) is 19.5 Å². The van der Waals surface area contributed by atoms with Crippen LogP contribution in [0.3, 0.4) is 0 Å². The zero-order chi connectivity index (χ0) is 11.1. The minimum absolute atomic E-state index is 1.04. The normalized spacial score (nSPS) is 17.8. The zero-order valence-corrected chi connectivity index (χ0v) is 9.91. The van der Waals surface area contributed by atoms with Gasteiger partial charge in [-0.1, -0.05) is 6.42 Å². The predicted octanol–water partition coefficient (Wildman–Crippen LogP) is 1.03. The third kappa shape index (κ3) is 3.94. The molecular formula is C12H22N4. The van der Waals surface area contributed by atoms with Gasteiger partial charge >= 0.3 is 0 Å². The maximum Gasteiger partial charge on any atom is 0.0490 e. The lowest BCUT2D eigenvalue weighted by atomic mass is 10.1. The molecule has 1 aliphatic rings. The van der Waals surface area contributed by atoms with Crippen LogP contribution in [0.4, 0.5) is 0 Å². The van der Waals surface area contributed by atoms with Crippen LogP contribution in [-0.2, 0) is 6.42 Å². The molecule has 0 bridgehead atoms. The average Bonchev–Trinajstić information content (AvgIpc) is 2.83. The summed E-state index contributed by atoms with van der Waals surface area (Å²) in [6, 6.07) is 2.03. The fraction of sp³-hybridized carbons (Fsp3) is 0.750.